The summed E-state index contributed by atoms with van der Waals surface area (Å²) < 4.78 is 5.21. The maximum absolute atomic E-state index is 2.63. The molecule has 0 fully saturated rings. The van der Waals surface area contributed by atoms with Crippen molar-refractivity contribution in [1.29, 1.82) is 0 Å². The molecule has 2 aromatic heterocycles. The van der Waals surface area contributed by atoms with E-state index in [4.69, 9.17) is 0 Å². The van der Waals surface area contributed by atoms with Crippen molar-refractivity contribution < 1.29 is 0 Å². The van der Waals surface area contributed by atoms with Crippen molar-refractivity contribution in [3.63, 3.8) is 0 Å². The summed E-state index contributed by atoms with van der Waals surface area (Å²) in [5.74, 6) is 0. The zero-order valence-electron chi connectivity index (χ0n) is 26.2. The van der Waals surface area contributed by atoms with Gasteiger partial charge in [-0.3, -0.25) is 0 Å². The minimum Gasteiger partial charge on any atom is -0.310 e. The molecular formula is C45H25BN2. The van der Waals surface area contributed by atoms with E-state index in [1.54, 1.807) is 0 Å². The normalized spacial score (nSPS) is 13.5. The lowest BCUT2D eigenvalue weighted by Gasteiger charge is -2.34. The highest BCUT2D eigenvalue weighted by molar-refractivity contribution is 7.00. The molecule has 48 heavy (non-hydrogen) atoms. The molecule has 0 atom stereocenters. The van der Waals surface area contributed by atoms with Crippen LogP contribution >= 0.6 is 0 Å². The second kappa shape index (κ2) is 7.90. The molecule has 0 saturated heterocycles. The van der Waals surface area contributed by atoms with Gasteiger partial charge < -0.3 is 9.13 Å². The molecule has 2 nitrogen and oxygen atoms in total. The highest BCUT2D eigenvalue weighted by Crippen LogP contribution is 2.50. The Morgan fingerprint density at radius 1 is 0.438 bits per heavy atom. The monoisotopic (exact) mass is 604 g/mol. The summed E-state index contributed by atoms with van der Waals surface area (Å²) in [6.45, 7) is 2.41. The van der Waals surface area contributed by atoms with Crippen molar-refractivity contribution in [3.05, 3.63) is 139 Å². The Kier molecular flexibility index (Phi) is 3.98. The molecule has 2 aliphatic heterocycles. The number of hydrogen-bond acceptors (Lipinski definition) is 0. The van der Waals surface area contributed by atoms with Gasteiger partial charge in [0.2, 0.25) is 0 Å². The second-order valence-corrected chi connectivity index (χ2v) is 14.1. The molecule has 3 aliphatic rings. The van der Waals surface area contributed by atoms with E-state index in [-0.39, 0.29) is 6.71 Å². The van der Waals surface area contributed by atoms with E-state index in [0.29, 0.717) is 0 Å². The third-order valence-corrected chi connectivity index (χ3v) is 11.8. The van der Waals surface area contributed by atoms with Crippen molar-refractivity contribution >= 4 is 88.3 Å². The predicted molar refractivity (Wildman–Crippen MR) is 204 cm³/mol. The number of aromatic nitrogens is 2. The number of rotatable bonds is 0. The fourth-order valence-electron chi connectivity index (χ4n) is 10.2. The average Bonchev–Trinajstić information content (AvgIpc) is 3.62. The minimum absolute atomic E-state index is 0.137. The van der Waals surface area contributed by atoms with Crippen molar-refractivity contribution in [2.45, 2.75) is 6.92 Å². The molecule has 13 rings (SSSR count). The first kappa shape index (κ1) is 24.2. The van der Waals surface area contributed by atoms with Gasteiger partial charge in [-0.05, 0) is 96.9 Å². The van der Waals surface area contributed by atoms with Crippen molar-refractivity contribution in [1.82, 2.24) is 9.13 Å². The molecule has 0 unspecified atom stereocenters. The third-order valence-electron chi connectivity index (χ3n) is 11.8. The van der Waals surface area contributed by atoms with Gasteiger partial charge in [0.1, 0.15) is 0 Å². The average molecular weight is 605 g/mol. The van der Waals surface area contributed by atoms with E-state index < -0.39 is 0 Å². The summed E-state index contributed by atoms with van der Waals surface area (Å²) in [5, 5.41) is 10.8. The summed E-state index contributed by atoms with van der Waals surface area (Å²) in [4.78, 5) is 0. The van der Waals surface area contributed by atoms with E-state index in [0.717, 1.165) is 0 Å². The van der Waals surface area contributed by atoms with Crippen LogP contribution in [0.3, 0.4) is 0 Å². The molecule has 218 valence electrons. The largest absolute Gasteiger partial charge is 0.310 e. The van der Waals surface area contributed by atoms with Gasteiger partial charge in [0.15, 0.2) is 0 Å². The van der Waals surface area contributed by atoms with Gasteiger partial charge in [-0.2, -0.15) is 0 Å². The molecule has 1 aliphatic carbocycles. The minimum atomic E-state index is 0.137. The second-order valence-electron chi connectivity index (χ2n) is 14.1. The summed E-state index contributed by atoms with van der Waals surface area (Å²) >= 11 is 0. The molecule has 3 heteroatoms. The Morgan fingerprint density at radius 3 is 1.92 bits per heavy atom. The Hall–Kier alpha value is -6.06. The van der Waals surface area contributed by atoms with Crippen LogP contribution in [0.15, 0.2) is 133 Å². The van der Waals surface area contributed by atoms with Crippen LogP contribution in [0.2, 0.25) is 0 Å². The topological polar surface area (TPSA) is 9.86 Å². The first-order chi connectivity index (χ1) is 23.8. The number of benzene rings is 8. The molecule has 4 heterocycles. The zero-order chi connectivity index (χ0) is 31.0. The number of nitrogens with zero attached hydrogens (tertiary/aromatic N) is 2. The predicted octanol–water partition coefficient (Wildman–Crippen LogP) is 9.29. The van der Waals surface area contributed by atoms with Gasteiger partial charge in [0.25, 0.3) is 6.71 Å². The summed E-state index contributed by atoms with van der Waals surface area (Å²) in [6, 6.07) is 50.9. The number of hydrogen-bond donors (Lipinski definition) is 0. The fourth-order valence-corrected chi connectivity index (χ4v) is 10.2. The lowest BCUT2D eigenvalue weighted by atomic mass is 9.34. The van der Waals surface area contributed by atoms with E-state index in [9.17, 15) is 0 Å². The maximum Gasteiger partial charge on any atom is 0.252 e. The zero-order valence-corrected chi connectivity index (χ0v) is 26.2. The lowest BCUT2D eigenvalue weighted by molar-refractivity contribution is 1.13. The quantitative estimate of drug-likeness (QED) is 0.153. The van der Waals surface area contributed by atoms with Gasteiger partial charge in [-0.25, -0.2) is 0 Å². The van der Waals surface area contributed by atoms with Crippen LogP contribution in [0, 0.1) is 6.92 Å². The number of aryl methyl sites for hydroxylation is 1. The molecule has 0 radical (unpaired) electrons. The standard InChI is InChI=1S/C45H25BN2/c1-24-22-37-43-38(23-24)48-36-21-17-26-9-6-13-30-28-11-4-5-12-29(28)31-18-19-34(45(48)41(31)42(36)39(26)30)46(43)33-15-7-14-32-40-27-10-3-2-8-25(27)16-20-35(40)47(37)44(32)33/h2-23H,1H3. The summed E-state index contributed by atoms with van der Waals surface area (Å²) in [6.07, 6.45) is 0. The highest BCUT2D eigenvalue weighted by Gasteiger charge is 2.42. The highest BCUT2D eigenvalue weighted by atomic mass is 15.0. The van der Waals surface area contributed by atoms with Crippen LogP contribution < -0.4 is 16.4 Å². The Morgan fingerprint density at radius 2 is 1.06 bits per heavy atom. The molecule has 10 aromatic rings. The van der Waals surface area contributed by atoms with Gasteiger partial charge in [0, 0.05) is 38.4 Å². The molecule has 0 spiro atoms. The maximum atomic E-state index is 2.63. The van der Waals surface area contributed by atoms with Gasteiger partial charge in [0.05, 0.1) is 16.6 Å². The van der Waals surface area contributed by atoms with Crippen LogP contribution in [-0.4, -0.2) is 15.8 Å². The first-order valence-corrected chi connectivity index (χ1v) is 17.0. The summed E-state index contributed by atoms with van der Waals surface area (Å²) in [7, 11) is 0. The Balaban J connectivity index is 1.29. The number of fused-ring (bicyclic) bond motifs is 13. The van der Waals surface area contributed by atoms with E-state index in [1.807, 2.05) is 0 Å². The lowest BCUT2D eigenvalue weighted by Crippen LogP contribution is -2.59. The number of para-hydroxylation sites is 1. The smallest absolute Gasteiger partial charge is 0.252 e. The van der Waals surface area contributed by atoms with E-state index in [2.05, 4.69) is 150 Å². The molecule has 0 amide bonds. The van der Waals surface area contributed by atoms with Gasteiger partial charge in [-0.1, -0.05) is 109 Å². The first-order valence-electron chi connectivity index (χ1n) is 17.0. The van der Waals surface area contributed by atoms with E-state index in [1.165, 1.54) is 121 Å². The molecule has 8 aromatic carbocycles. The fraction of sp³-hybridized carbons (Fsp3) is 0.0222. The van der Waals surface area contributed by atoms with Crippen LogP contribution in [0.25, 0.3) is 98.8 Å². The van der Waals surface area contributed by atoms with Crippen LogP contribution in [0.4, 0.5) is 0 Å². The van der Waals surface area contributed by atoms with Crippen molar-refractivity contribution in [2.75, 3.05) is 0 Å². The van der Waals surface area contributed by atoms with Crippen LogP contribution in [-0.2, 0) is 0 Å². The summed E-state index contributed by atoms with van der Waals surface area (Å²) in [5.41, 5.74) is 18.7. The molecular weight excluding hydrogens is 579 g/mol. The SMILES string of the molecule is Cc1cc2c3c(c1)-n1c4ccc5cccc6c5c4c4c(ccc(c41)B3c1cccc3c4c5ccccc5ccc4n-2c13)-c1ccccc1-6. The molecule has 0 N–H and O–H groups in total. The van der Waals surface area contributed by atoms with Crippen molar-refractivity contribution in [3.8, 4) is 33.6 Å². The van der Waals surface area contributed by atoms with Gasteiger partial charge >= 0.3 is 0 Å². The van der Waals surface area contributed by atoms with Crippen LogP contribution in [0.5, 0.6) is 0 Å². The molecule has 0 saturated carbocycles. The van der Waals surface area contributed by atoms with Gasteiger partial charge in [-0.15, -0.1) is 0 Å². The van der Waals surface area contributed by atoms with Crippen molar-refractivity contribution in [2.24, 2.45) is 0 Å². The van der Waals surface area contributed by atoms with E-state index >= 15 is 0 Å². The molecule has 0 bridgehead atoms. The Labute approximate surface area is 276 Å². The Bertz CT molecular complexity index is 3190. The van der Waals surface area contributed by atoms with Crippen LogP contribution in [0.1, 0.15) is 5.56 Å². The third kappa shape index (κ3) is 2.52.